The summed E-state index contributed by atoms with van der Waals surface area (Å²) < 4.78 is 67.8. The third-order valence-electron chi connectivity index (χ3n) is 0.821. The average Bonchev–Trinajstić information content (AvgIpc) is 1.82. The fourth-order valence-corrected chi connectivity index (χ4v) is 0.283. The van der Waals surface area contributed by atoms with Gasteiger partial charge in [0, 0.05) is 0 Å². The summed E-state index contributed by atoms with van der Waals surface area (Å²) in [5, 5.41) is 9.82. The number of rotatable bonds is 1. The fraction of sp³-hybridized carbons (Fsp3) is 0.400. The molecule has 0 aliphatic heterocycles. The fourth-order valence-electron chi connectivity index (χ4n) is 0.283. The predicted octanol–water partition coefficient (Wildman–Crippen LogP) is 0.922. The summed E-state index contributed by atoms with van der Waals surface area (Å²) in [6.07, 6.45) is -11.9. The minimum atomic E-state index is -5.46. The Kier molecular flexibility index (Phi) is 5.27. The Bertz CT molecular complexity index is 240. The van der Waals surface area contributed by atoms with E-state index in [9.17, 15) is 36.2 Å². The van der Waals surface area contributed by atoms with Gasteiger partial charge in [0.15, 0.2) is 0 Å². The van der Waals surface area contributed by atoms with Crippen LogP contribution in [0.5, 0.6) is 0 Å². The van der Waals surface area contributed by atoms with Gasteiger partial charge in [-0.2, -0.15) is 26.3 Å². The molecule has 0 fully saturated rings. The van der Waals surface area contributed by atoms with Crippen LogP contribution in [-0.2, 0) is 21.6 Å². The molecule has 9 heteroatoms. The number of allylic oxidation sites excluding steroid dienone is 2. The van der Waals surface area contributed by atoms with Crippen molar-refractivity contribution in [3.05, 3.63) is 11.8 Å². The third kappa shape index (κ3) is 5.12. The van der Waals surface area contributed by atoms with Gasteiger partial charge in [-0.05, 0) is 11.8 Å². The van der Waals surface area contributed by atoms with E-state index in [1.165, 1.54) is 0 Å². The first kappa shape index (κ1) is 15.8. The molecule has 0 aliphatic carbocycles. The van der Waals surface area contributed by atoms with Crippen LogP contribution in [0.15, 0.2) is 11.8 Å². The minimum Gasteiger partial charge on any atom is -0.869 e. The van der Waals surface area contributed by atoms with Crippen LogP contribution >= 0.6 is 0 Å². The van der Waals surface area contributed by atoms with E-state index in [1.807, 2.05) is 0 Å². The van der Waals surface area contributed by atoms with E-state index in [0.29, 0.717) is 0 Å². The Morgan fingerprint density at radius 1 is 1.00 bits per heavy atom. The van der Waals surface area contributed by atoms with Crippen molar-refractivity contribution in [2.75, 3.05) is 0 Å². The molecule has 0 atom stereocenters. The zero-order valence-corrected chi connectivity index (χ0v) is 7.04. The summed E-state index contributed by atoms with van der Waals surface area (Å²) in [5.41, 5.74) is 0. The molecule has 0 aliphatic rings. The Hall–Kier alpha value is -0.704. The second-order valence-corrected chi connectivity index (χ2v) is 1.87. The summed E-state index contributed by atoms with van der Waals surface area (Å²) >= 11 is 0. The maximum absolute atomic E-state index is 11.3. The summed E-state index contributed by atoms with van der Waals surface area (Å²) in [6, 6.07) is 0. The number of carbonyl (C=O) groups excluding carboxylic acids is 1. The van der Waals surface area contributed by atoms with E-state index < -0.39 is 30.0 Å². The molecule has 0 spiro atoms. The van der Waals surface area contributed by atoms with Crippen LogP contribution in [-0.4, -0.2) is 18.1 Å². The van der Waals surface area contributed by atoms with Crippen molar-refractivity contribution in [1.82, 2.24) is 0 Å². The quantitative estimate of drug-likeness (QED) is 0.402. The van der Waals surface area contributed by atoms with Crippen molar-refractivity contribution < 1.29 is 53.0 Å². The van der Waals surface area contributed by atoms with Gasteiger partial charge in [-0.25, -0.2) is 0 Å². The first-order valence-corrected chi connectivity index (χ1v) is 2.62. The molecule has 0 aromatic carbocycles. The van der Waals surface area contributed by atoms with E-state index in [0.717, 1.165) is 0 Å². The van der Waals surface area contributed by atoms with Crippen LogP contribution in [0.4, 0.5) is 26.3 Å². The van der Waals surface area contributed by atoms with Crippen LogP contribution < -0.4 is 5.11 Å². The van der Waals surface area contributed by atoms with Gasteiger partial charge in [-0.1, -0.05) is 0 Å². The number of ketones is 1. The monoisotopic (exact) mass is 266 g/mol. The summed E-state index contributed by atoms with van der Waals surface area (Å²) in [6.45, 7) is 0. The zero-order valence-electron chi connectivity index (χ0n) is 5.99. The van der Waals surface area contributed by atoms with Crippen molar-refractivity contribution in [2.24, 2.45) is 0 Å². The molecule has 0 N–H and O–H groups in total. The second-order valence-electron chi connectivity index (χ2n) is 1.87. The van der Waals surface area contributed by atoms with Crippen LogP contribution in [0, 0.1) is 0 Å². The van der Waals surface area contributed by atoms with Gasteiger partial charge in [-0.3, -0.25) is 4.79 Å². The number of alkyl halides is 6. The van der Waals surface area contributed by atoms with Crippen molar-refractivity contribution in [3.8, 4) is 0 Å². The Labute approximate surface area is 83.8 Å². The van der Waals surface area contributed by atoms with E-state index >= 15 is 0 Å². The van der Waals surface area contributed by atoms with E-state index in [2.05, 4.69) is 0 Å². The van der Waals surface area contributed by atoms with Gasteiger partial charge in [-0.15, -0.1) is 0 Å². The molecular formula is C5HCoF6O2+. The molecule has 1 radical (unpaired) electrons. The Morgan fingerprint density at radius 2 is 1.36 bits per heavy atom. The van der Waals surface area contributed by atoms with E-state index in [1.54, 1.807) is 0 Å². The molecule has 0 bridgehead atoms. The summed E-state index contributed by atoms with van der Waals surface area (Å²) in [5.74, 6) is -5.65. The number of halogens is 6. The molecule has 0 amide bonds. The second kappa shape index (κ2) is 4.69. The van der Waals surface area contributed by atoms with Crippen molar-refractivity contribution >= 4 is 5.78 Å². The molecule has 0 saturated carbocycles. The molecular weight excluding hydrogens is 265 g/mol. The summed E-state index contributed by atoms with van der Waals surface area (Å²) in [7, 11) is 0. The molecule has 0 unspecified atom stereocenters. The van der Waals surface area contributed by atoms with Gasteiger partial charge >= 0.3 is 29.1 Å². The van der Waals surface area contributed by atoms with Crippen LogP contribution in [0.3, 0.4) is 0 Å². The maximum Gasteiger partial charge on any atom is 2.00 e. The molecule has 0 rings (SSSR count). The topological polar surface area (TPSA) is 40.1 Å². The smallest absolute Gasteiger partial charge is 0.869 e. The molecule has 0 aromatic heterocycles. The Morgan fingerprint density at radius 3 is 1.57 bits per heavy atom. The largest absolute Gasteiger partial charge is 2.00 e. The standard InChI is InChI=1S/C5H2F6O2.Co/c6-4(7,8)2(12)1-3(13)5(9,10)11;/h1,12H;/q;+2/p-1/b2-1-;. The SMILES string of the molecule is O=C(/C=C(\[O-])C(F)(F)F)C(F)(F)F.[Co+2]. The maximum atomic E-state index is 11.3. The van der Waals surface area contributed by atoms with Gasteiger partial charge < -0.3 is 5.11 Å². The minimum absolute atomic E-state index is 0. The molecule has 0 saturated heterocycles. The van der Waals surface area contributed by atoms with Crippen LogP contribution in [0.1, 0.15) is 0 Å². The van der Waals surface area contributed by atoms with Gasteiger partial charge in [0.1, 0.15) is 0 Å². The molecule has 0 aromatic rings. The molecule has 2 nitrogen and oxygen atoms in total. The molecule has 83 valence electrons. The number of hydrogen-bond acceptors (Lipinski definition) is 2. The van der Waals surface area contributed by atoms with Gasteiger partial charge in [0.05, 0.1) is 0 Å². The van der Waals surface area contributed by atoms with Crippen molar-refractivity contribution in [3.63, 3.8) is 0 Å². The van der Waals surface area contributed by atoms with Crippen LogP contribution in [0.2, 0.25) is 0 Å². The first-order valence-electron chi connectivity index (χ1n) is 2.62. The van der Waals surface area contributed by atoms with E-state index in [4.69, 9.17) is 0 Å². The average molecular weight is 266 g/mol. The first-order chi connectivity index (χ1) is 5.55. The summed E-state index contributed by atoms with van der Waals surface area (Å²) in [4.78, 5) is 9.82. The van der Waals surface area contributed by atoms with Crippen molar-refractivity contribution in [2.45, 2.75) is 12.4 Å². The van der Waals surface area contributed by atoms with Gasteiger partial charge in [0.25, 0.3) is 5.78 Å². The molecule has 14 heavy (non-hydrogen) atoms. The van der Waals surface area contributed by atoms with Crippen LogP contribution in [0.25, 0.3) is 0 Å². The number of hydrogen-bond donors (Lipinski definition) is 0. The number of carbonyl (C=O) groups is 1. The Balaban J connectivity index is 0. The predicted molar refractivity (Wildman–Crippen MR) is 25.2 cm³/mol. The third-order valence-corrected chi connectivity index (χ3v) is 0.821. The molecule has 0 heterocycles. The van der Waals surface area contributed by atoms with Gasteiger partial charge in [0.2, 0.25) is 0 Å². The zero-order chi connectivity index (χ0) is 10.9. The van der Waals surface area contributed by atoms with E-state index in [-0.39, 0.29) is 16.8 Å². The van der Waals surface area contributed by atoms with Crippen molar-refractivity contribution in [1.29, 1.82) is 0 Å². The normalized spacial score (nSPS) is 13.4.